The molecule has 1 amide bonds. The second-order valence-corrected chi connectivity index (χ2v) is 4.57. The zero-order valence-corrected chi connectivity index (χ0v) is 10.5. The van der Waals surface area contributed by atoms with Gasteiger partial charge >= 0.3 is 0 Å². The van der Waals surface area contributed by atoms with Gasteiger partial charge in [0.1, 0.15) is 0 Å². The van der Waals surface area contributed by atoms with Gasteiger partial charge in [-0.1, -0.05) is 18.2 Å². The number of carbonyl (C=O) groups excluding carboxylic acids is 1. The molecule has 0 fully saturated rings. The summed E-state index contributed by atoms with van der Waals surface area (Å²) in [6.45, 7) is 1.69. The standard InChI is InChI=1S/C15H15N3O/c19-15-10-17-9-13-3-1-2-4-14(13)18(15)11-12-5-7-16-8-6-12/h1-8,17H,9-11H2. The van der Waals surface area contributed by atoms with E-state index in [4.69, 9.17) is 0 Å². The molecule has 0 bridgehead atoms. The first-order valence-corrected chi connectivity index (χ1v) is 6.32. The fourth-order valence-corrected chi connectivity index (χ4v) is 2.30. The van der Waals surface area contributed by atoms with Gasteiger partial charge in [-0.05, 0) is 29.3 Å². The molecule has 96 valence electrons. The fraction of sp³-hybridized carbons (Fsp3) is 0.200. The van der Waals surface area contributed by atoms with E-state index in [1.165, 1.54) is 0 Å². The Bertz CT molecular complexity index is 583. The molecule has 0 aliphatic carbocycles. The van der Waals surface area contributed by atoms with Crippen LogP contribution in [0, 0.1) is 0 Å². The first kappa shape index (κ1) is 11.9. The lowest BCUT2D eigenvalue weighted by atomic mass is 10.1. The van der Waals surface area contributed by atoms with E-state index >= 15 is 0 Å². The van der Waals surface area contributed by atoms with Gasteiger partial charge in [0.25, 0.3) is 0 Å². The molecule has 0 saturated carbocycles. The van der Waals surface area contributed by atoms with Gasteiger partial charge < -0.3 is 10.2 Å². The van der Waals surface area contributed by atoms with Crippen LogP contribution in [0.1, 0.15) is 11.1 Å². The number of para-hydroxylation sites is 1. The van der Waals surface area contributed by atoms with Gasteiger partial charge in [0.15, 0.2) is 0 Å². The summed E-state index contributed by atoms with van der Waals surface area (Å²) in [7, 11) is 0. The Kier molecular flexibility index (Phi) is 3.25. The summed E-state index contributed by atoms with van der Waals surface area (Å²) in [6.07, 6.45) is 3.50. The summed E-state index contributed by atoms with van der Waals surface area (Å²) in [4.78, 5) is 18.1. The van der Waals surface area contributed by atoms with E-state index in [1.54, 1.807) is 12.4 Å². The normalized spacial score (nSPS) is 14.9. The molecule has 4 nitrogen and oxygen atoms in total. The molecular weight excluding hydrogens is 238 g/mol. The van der Waals surface area contributed by atoms with E-state index in [2.05, 4.69) is 16.4 Å². The summed E-state index contributed by atoms with van der Waals surface area (Å²) in [5.41, 5.74) is 3.23. The minimum atomic E-state index is 0.0989. The molecule has 1 aliphatic heterocycles. The van der Waals surface area contributed by atoms with Crippen LogP contribution in [0.5, 0.6) is 0 Å². The Hall–Kier alpha value is -2.20. The van der Waals surface area contributed by atoms with Crippen LogP contribution in [0.25, 0.3) is 0 Å². The molecule has 0 spiro atoms. The van der Waals surface area contributed by atoms with E-state index in [0.717, 1.165) is 23.4 Å². The Morgan fingerprint density at radius 1 is 1.11 bits per heavy atom. The highest BCUT2D eigenvalue weighted by Gasteiger charge is 2.21. The van der Waals surface area contributed by atoms with Gasteiger partial charge in [0, 0.05) is 24.6 Å². The first-order valence-electron chi connectivity index (χ1n) is 6.32. The fourth-order valence-electron chi connectivity index (χ4n) is 2.30. The molecule has 0 saturated heterocycles. The van der Waals surface area contributed by atoms with Gasteiger partial charge in [-0.2, -0.15) is 0 Å². The quantitative estimate of drug-likeness (QED) is 0.886. The molecule has 1 aliphatic rings. The van der Waals surface area contributed by atoms with E-state index < -0.39 is 0 Å². The number of pyridine rings is 1. The lowest BCUT2D eigenvalue weighted by Crippen LogP contribution is -2.35. The Balaban J connectivity index is 1.96. The van der Waals surface area contributed by atoms with E-state index in [0.29, 0.717) is 13.1 Å². The lowest BCUT2D eigenvalue weighted by Gasteiger charge is -2.22. The number of fused-ring (bicyclic) bond motifs is 1. The average molecular weight is 253 g/mol. The third-order valence-corrected chi connectivity index (χ3v) is 3.27. The number of nitrogens with zero attached hydrogens (tertiary/aromatic N) is 2. The monoisotopic (exact) mass is 253 g/mol. The number of hydrogen-bond donors (Lipinski definition) is 1. The topological polar surface area (TPSA) is 45.2 Å². The molecule has 0 unspecified atom stereocenters. The van der Waals surface area contributed by atoms with E-state index in [-0.39, 0.29) is 5.91 Å². The molecule has 4 heteroatoms. The van der Waals surface area contributed by atoms with Crippen molar-refractivity contribution in [2.75, 3.05) is 11.4 Å². The van der Waals surface area contributed by atoms with Gasteiger partial charge in [-0.15, -0.1) is 0 Å². The summed E-state index contributed by atoms with van der Waals surface area (Å²) in [6, 6.07) is 11.9. The van der Waals surface area contributed by atoms with Crippen LogP contribution in [0.4, 0.5) is 5.69 Å². The molecule has 19 heavy (non-hydrogen) atoms. The molecule has 2 heterocycles. The van der Waals surface area contributed by atoms with Crippen LogP contribution < -0.4 is 10.2 Å². The van der Waals surface area contributed by atoms with Gasteiger partial charge in [0.05, 0.1) is 13.1 Å². The number of amides is 1. The number of anilines is 1. The van der Waals surface area contributed by atoms with Crippen molar-refractivity contribution < 1.29 is 4.79 Å². The van der Waals surface area contributed by atoms with Gasteiger partial charge in [0.2, 0.25) is 5.91 Å². The number of carbonyl (C=O) groups is 1. The Labute approximate surface area is 112 Å². The number of benzene rings is 1. The van der Waals surface area contributed by atoms with E-state index in [1.807, 2.05) is 35.2 Å². The summed E-state index contributed by atoms with van der Waals surface area (Å²) < 4.78 is 0. The highest BCUT2D eigenvalue weighted by molar-refractivity contribution is 5.96. The van der Waals surface area contributed by atoms with Crippen molar-refractivity contribution in [3.05, 3.63) is 59.9 Å². The third kappa shape index (κ3) is 2.48. The predicted molar refractivity (Wildman–Crippen MR) is 73.6 cm³/mol. The van der Waals surface area contributed by atoms with Crippen molar-refractivity contribution in [3.8, 4) is 0 Å². The maximum Gasteiger partial charge on any atom is 0.241 e. The maximum absolute atomic E-state index is 12.2. The van der Waals surface area contributed by atoms with Crippen LogP contribution in [0.3, 0.4) is 0 Å². The third-order valence-electron chi connectivity index (χ3n) is 3.27. The van der Waals surface area contributed by atoms with Crippen molar-refractivity contribution >= 4 is 11.6 Å². The molecule has 0 atom stereocenters. The van der Waals surface area contributed by atoms with Crippen LogP contribution >= 0.6 is 0 Å². The number of hydrogen-bond acceptors (Lipinski definition) is 3. The Morgan fingerprint density at radius 2 is 1.89 bits per heavy atom. The smallest absolute Gasteiger partial charge is 0.241 e. The van der Waals surface area contributed by atoms with Gasteiger partial charge in [-0.3, -0.25) is 9.78 Å². The molecule has 0 radical (unpaired) electrons. The molecule has 1 aromatic heterocycles. The van der Waals surface area contributed by atoms with Gasteiger partial charge in [-0.25, -0.2) is 0 Å². The maximum atomic E-state index is 12.2. The summed E-state index contributed by atoms with van der Waals surface area (Å²) in [5.74, 6) is 0.0989. The molecule has 2 aromatic rings. The molecule has 3 rings (SSSR count). The second-order valence-electron chi connectivity index (χ2n) is 4.57. The van der Waals surface area contributed by atoms with Crippen LogP contribution in [-0.2, 0) is 17.9 Å². The minimum absolute atomic E-state index is 0.0989. The van der Waals surface area contributed by atoms with Crippen molar-refractivity contribution in [3.63, 3.8) is 0 Å². The minimum Gasteiger partial charge on any atom is -0.307 e. The Morgan fingerprint density at radius 3 is 2.74 bits per heavy atom. The second kappa shape index (κ2) is 5.20. The predicted octanol–water partition coefficient (Wildman–Crippen LogP) is 1.72. The largest absolute Gasteiger partial charge is 0.307 e. The number of aromatic nitrogens is 1. The zero-order chi connectivity index (χ0) is 13.1. The highest BCUT2D eigenvalue weighted by Crippen LogP contribution is 2.24. The van der Waals surface area contributed by atoms with Crippen LogP contribution in [-0.4, -0.2) is 17.4 Å². The number of nitrogens with one attached hydrogen (secondary N) is 1. The van der Waals surface area contributed by atoms with Crippen LogP contribution in [0.15, 0.2) is 48.8 Å². The van der Waals surface area contributed by atoms with Crippen LogP contribution in [0.2, 0.25) is 0 Å². The lowest BCUT2D eigenvalue weighted by molar-refractivity contribution is -0.117. The average Bonchev–Trinajstić information content (AvgIpc) is 2.61. The molecule has 1 N–H and O–H groups in total. The van der Waals surface area contributed by atoms with Crippen molar-refractivity contribution in [1.29, 1.82) is 0 Å². The van der Waals surface area contributed by atoms with Crippen molar-refractivity contribution in [1.82, 2.24) is 10.3 Å². The zero-order valence-electron chi connectivity index (χ0n) is 10.5. The molecular formula is C15H15N3O. The SMILES string of the molecule is O=C1CNCc2ccccc2N1Cc1ccncc1. The summed E-state index contributed by atoms with van der Waals surface area (Å²) in [5, 5.41) is 3.17. The highest BCUT2D eigenvalue weighted by atomic mass is 16.2. The number of rotatable bonds is 2. The van der Waals surface area contributed by atoms with Crippen molar-refractivity contribution in [2.45, 2.75) is 13.1 Å². The molecule has 1 aromatic carbocycles. The first-order chi connectivity index (χ1) is 9.34. The summed E-state index contributed by atoms with van der Waals surface area (Å²) >= 11 is 0. The van der Waals surface area contributed by atoms with Crippen molar-refractivity contribution in [2.24, 2.45) is 0 Å². The van der Waals surface area contributed by atoms with E-state index in [9.17, 15) is 4.79 Å².